The Balaban J connectivity index is 2.21. The fraction of sp³-hybridized carbons (Fsp3) is 0.615. The van der Waals surface area contributed by atoms with Crippen LogP contribution in [0.2, 0.25) is 0 Å². The van der Waals surface area contributed by atoms with Gasteiger partial charge in [0.25, 0.3) is 0 Å². The van der Waals surface area contributed by atoms with E-state index in [1.807, 2.05) is 12.1 Å². The van der Waals surface area contributed by atoms with E-state index in [1.165, 1.54) is 0 Å². The highest BCUT2D eigenvalue weighted by Crippen LogP contribution is 2.25. The number of pyridine rings is 1. The molecule has 0 aliphatic carbocycles. The number of anilines is 1. The molecular weight excluding hydrogens is 216 g/mol. The molecular formula is C13H20N2O2. The molecule has 4 nitrogen and oxygen atoms in total. The van der Waals surface area contributed by atoms with Crippen LogP contribution in [0.25, 0.3) is 0 Å². The van der Waals surface area contributed by atoms with Crippen molar-refractivity contribution in [1.82, 2.24) is 4.98 Å². The van der Waals surface area contributed by atoms with Crippen LogP contribution in [0.1, 0.15) is 31.9 Å². The molecule has 2 rings (SSSR count). The number of morpholine rings is 1. The van der Waals surface area contributed by atoms with Gasteiger partial charge in [0, 0.05) is 24.8 Å². The average molecular weight is 236 g/mol. The molecule has 2 unspecified atom stereocenters. The predicted molar refractivity (Wildman–Crippen MR) is 67.1 cm³/mol. The lowest BCUT2D eigenvalue weighted by Gasteiger charge is -2.34. The van der Waals surface area contributed by atoms with Gasteiger partial charge in [0.05, 0.1) is 18.8 Å². The third kappa shape index (κ3) is 2.76. The first kappa shape index (κ1) is 12.3. The second-order valence-electron chi connectivity index (χ2n) is 4.44. The quantitative estimate of drug-likeness (QED) is 0.868. The minimum Gasteiger partial charge on any atom is -0.389 e. The molecule has 1 fully saturated rings. The lowest BCUT2D eigenvalue weighted by Crippen LogP contribution is -2.43. The minimum atomic E-state index is -0.485. The Morgan fingerprint density at radius 1 is 1.65 bits per heavy atom. The van der Waals surface area contributed by atoms with Crippen molar-refractivity contribution >= 4 is 5.82 Å². The second kappa shape index (κ2) is 5.47. The molecule has 2 atom stereocenters. The molecule has 94 valence electrons. The molecule has 0 spiro atoms. The molecule has 1 aliphatic rings. The van der Waals surface area contributed by atoms with Crippen molar-refractivity contribution in [2.75, 3.05) is 24.6 Å². The first-order valence-electron chi connectivity index (χ1n) is 6.22. The molecule has 0 saturated carbocycles. The molecule has 1 aromatic heterocycles. The SMILES string of the molecule is CCC1CN(c2ncccc2C(C)O)CCO1. The van der Waals surface area contributed by atoms with Crippen molar-refractivity contribution < 1.29 is 9.84 Å². The molecule has 0 bridgehead atoms. The number of rotatable bonds is 3. The van der Waals surface area contributed by atoms with Crippen molar-refractivity contribution in [3.8, 4) is 0 Å². The predicted octanol–water partition coefficient (Wildman–Crippen LogP) is 1.75. The molecule has 0 amide bonds. The van der Waals surface area contributed by atoms with E-state index in [1.54, 1.807) is 13.1 Å². The number of aliphatic hydroxyl groups is 1. The number of ether oxygens (including phenoxy) is 1. The van der Waals surface area contributed by atoms with Crippen LogP contribution >= 0.6 is 0 Å². The van der Waals surface area contributed by atoms with Crippen LogP contribution in [0, 0.1) is 0 Å². The van der Waals surface area contributed by atoms with Gasteiger partial charge < -0.3 is 14.7 Å². The first-order chi connectivity index (χ1) is 8.22. The third-order valence-electron chi connectivity index (χ3n) is 3.16. The van der Waals surface area contributed by atoms with E-state index >= 15 is 0 Å². The van der Waals surface area contributed by atoms with Gasteiger partial charge in [-0.15, -0.1) is 0 Å². The summed E-state index contributed by atoms with van der Waals surface area (Å²) in [5.74, 6) is 0.893. The van der Waals surface area contributed by atoms with Crippen molar-refractivity contribution in [3.05, 3.63) is 23.9 Å². The van der Waals surface area contributed by atoms with Crippen molar-refractivity contribution in [2.45, 2.75) is 32.5 Å². The maximum atomic E-state index is 9.76. The lowest BCUT2D eigenvalue weighted by molar-refractivity contribution is 0.0379. The largest absolute Gasteiger partial charge is 0.389 e. The number of aromatic nitrogens is 1. The molecule has 1 aromatic rings. The Morgan fingerprint density at radius 2 is 2.47 bits per heavy atom. The fourth-order valence-corrected chi connectivity index (χ4v) is 2.16. The van der Waals surface area contributed by atoms with Gasteiger partial charge in [0.2, 0.25) is 0 Å². The van der Waals surface area contributed by atoms with Crippen LogP contribution in [0.3, 0.4) is 0 Å². The topological polar surface area (TPSA) is 45.6 Å². The van der Waals surface area contributed by atoms with E-state index < -0.39 is 6.10 Å². The van der Waals surface area contributed by atoms with Gasteiger partial charge in [-0.3, -0.25) is 0 Å². The number of aliphatic hydroxyl groups excluding tert-OH is 1. The van der Waals surface area contributed by atoms with Crippen LogP contribution in [0.15, 0.2) is 18.3 Å². The molecule has 1 aliphatic heterocycles. The van der Waals surface area contributed by atoms with Crippen LogP contribution in [0.5, 0.6) is 0 Å². The molecule has 17 heavy (non-hydrogen) atoms. The van der Waals surface area contributed by atoms with Gasteiger partial charge in [-0.25, -0.2) is 4.98 Å². The number of hydrogen-bond donors (Lipinski definition) is 1. The average Bonchev–Trinajstić information content (AvgIpc) is 2.39. The van der Waals surface area contributed by atoms with E-state index in [4.69, 9.17) is 4.74 Å². The van der Waals surface area contributed by atoms with Gasteiger partial charge in [0.1, 0.15) is 5.82 Å². The highest BCUT2D eigenvalue weighted by atomic mass is 16.5. The fourth-order valence-electron chi connectivity index (χ4n) is 2.16. The van der Waals surface area contributed by atoms with E-state index in [0.29, 0.717) is 0 Å². The lowest BCUT2D eigenvalue weighted by atomic mass is 10.1. The molecule has 2 heterocycles. The molecule has 0 radical (unpaired) electrons. The summed E-state index contributed by atoms with van der Waals surface area (Å²) in [6, 6.07) is 3.80. The summed E-state index contributed by atoms with van der Waals surface area (Å²) in [4.78, 5) is 6.61. The molecule has 1 saturated heterocycles. The molecule has 4 heteroatoms. The van der Waals surface area contributed by atoms with Gasteiger partial charge in [0.15, 0.2) is 0 Å². The summed E-state index contributed by atoms with van der Waals surface area (Å²) in [6.07, 6.45) is 2.57. The van der Waals surface area contributed by atoms with Crippen LogP contribution < -0.4 is 4.90 Å². The summed E-state index contributed by atoms with van der Waals surface area (Å²) >= 11 is 0. The minimum absolute atomic E-state index is 0.271. The highest BCUT2D eigenvalue weighted by molar-refractivity contribution is 5.48. The van der Waals surface area contributed by atoms with Crippen LogP contribution in [-0.4, -0.2) is 35.9 Å². The third-order valence-corrected chi connectivity index (χ3v) is 3.16. The monoisotopic (exact) mass is 236 g/mol. The Bertz CT molecular complexity index is 368. The second-order valence-corrected chi connectivity index (χ2v) is 4.44. The maximum absolute atomic E-state index is 9.76. The van der Waals surface area contributed by atoms with Crippen LogP contribution in [0.4, 0.5) is 5.82 Å². The van der Waals surface area contributed by atoms with E-state index in [9.17, 15) is 5.11 Å². The smallest absolute Gasteiger partial charge is 0.134 e. The first-order valence-corrected chi connectivity index (χ1v) is 6.22. The Kier molecular flexibility index (Phi) is 3.97. The van der Waals surface area contributed by atoms with Crippen molar-refractivity contribution in [3.63, 3.8) is 0 Å². The molecule has 0 aromatic carbocycles. The standard InChI is InChI=1S/C13H20N2O2/c1-3-11-9-15(7-8-17-11)13-12(10(2)16)5-4-6-14-13/h4-6,10-11,16H,3,7-9H2,1-2H3. The van der Waals surface area contributed by atoms with Gasteiger partial charge in [-0.05, 0) is 19.4 Å². The summed E-state index contributed by atoms with van der Waals surface area (Å²) in [7, 11) is 0. The van der Waals surface area contributed by atoms with E-state index in [2.05, 4.69) is 16.8 Å². The normalized spacial score (nSPS) is 22.5. The Hall–Kier alpha value is -1.13. The zero-order valence-corrected chi connectivity index (χ0v) is 10.5. The van der Waals surface area contributed by atoms with Gasteiger partial charge >= 0.3 is 0 Å². The Labute approximate surface area is 102 Å². The zero-order chi connectivity index (χ0) is 12.3. The summed E-state index contributed by atoms with van der Waals surface area (Å²) in [6.45, 7) is 6.33. The zero-order valence-electron chi connectivity index (χ0n) is 10.5. The number of hydrogen-bond acceptors (Lipinski definition) is 4. The summed E-state index contributed by atoms with van der Waals surface area (Å²) in [5.41, 5.74) is 0.893. The van der Waals surface area contributed by atoms with Gasteiger partial charge in [-0.2, -0.15) is 0 Å². The van der Waals surface area contributed by atoms with E-state index in [-0.39, 0.29) is 6.10 Å². The maximum Gasteiger partial charge on any atom is 0.134 e. The summed E-state index contributed by atoms with van der Waals surface area (Å²) < 4.78 is 5.65. The van der Waals surface area contributed by atoms with Crippen molar-refractivity contribution in [2.24, 2.45) is 0 Å². The van der Waals surface area contributed by atoms with Crippen LogP contribution in [-0.2, 0) is 4.74 Å². The molecule has 1 N–H and O–H groups in total. The number of nitrogens with zero attached hydrogens (tertiary/aromatic N) is 2. The Morgan fingerprint density at radius 3 is 3.18 bits per heavy atom. The van der Waals surface area contributed by atoms with Gasteiger partial charge in [-0.1, -0.05) is 13.0 Å². The summed E-state index contributed by atoms with van der Waals surface area (Å²) in [5, 5.41) is 9.76. The highest BCUT2D eigenvalue weighted by Gasteiger charge is 2.22. The van der Waals surface area contributed by atoms with E-state index in [0.717, 1.165) is 37.5 Å². The van der Waals surface area contributed by atoms with Crippen molar-refractivity contribution in [1.29, 1.82) is 0 Å².